The molecule has 3 rings (SSSR count). The van der Waals surface area contributed by atoms with Crippen molar-refractivity contribution in [2.75, 3.05) is 0 Å². The zero-order valence-electron chi connectivity index (χ0n) is 7.49. The monoisotopic (exact) mass is 186 g/mol. The maximum Gasteiger partial charge on any atom is 0.0880 e. The molecule has 2 aliphatic heterocycles. The molecule has 1 aromatic rings. The maximum atomic E-state index is 3.22. The van der Waals surface area contributed by atoms with Gasteiger partial charge >= 0.3 is 0 Å². The fraction of sp³-hybridized carbons (Fsp3) is 0. The van der Waals surface area contributed by atoms with Gasteiger partial charge in [0.25, 0.3) is 0 Å². The van der Waals surface area contributed by atoms with Crippen LogP contribution in [0.25, 0.3) is 16.7 Å². The number of benzene rings is 1. The van der Waals surface area contributed by atoms with E-state index in [9.17, 15) is 0 Å². The maximum absolute atomic E-state index is 3.22. The molecule has 3 N–H and O–H groups in total. The molecule has 0 amide bonds. The molecule has 0 radical (unpaired) electrons. The van der Waals surface area contributed by atoms with Crippen molar-refractivity contribution in [3.8, 4) is 5.69 Å². The Kier molecular flexibility index (Phi) is 1.41. The molecule has 0 aliphatic carbocycles. The Labute approximate surface area is 80.2 Å². The van der Waals surface area contributed by atoms with Gasteiger partial charge < -0.3 is 4.98 Å². The van der Waals surface area contributed by atoms with Crippen LogP contribution in [0.5, 0.6) is 0 Å². The van der Waals surface area contributed by atoms with Gasteiger partial charge in [-0.25, -0.2) is 9.90 Å². The van der Waals surface area contributed by atoms with Crippen LogP contribution < -0.4 is 0 Å². The lowest BCUT2D eigenvalue weighted by molar-refractivity contribution is 0.839. The lowest BCUT2D eigenvalue weighted by Gasteiger charge is -1.99. The molecule has 14 heavy (non-hydrogen) atoms. The second-order valence-corrected chi connectivity index (χ2v) is 3.16. The van der Waals surface area contributed by atoms with E-state index < -0.39 is 0 Å². The minimum absolute atomic E-state index is 1.09. The van der Waals surface area contributed by atoms with Gasteiger partial charge in [0, 0.05) is 12.4 Å². The Balaban J connectivity index is 2.56. The summed E-state index contributed by atoms with van der Waals surface area (Å²) in [5.74, 6) is 0. The third-order valence-electron chi connectivity index (χ3n) is 2.29. The van der Waals surface area contributed by atoms with Crippen LogP contribution in [0.2, 0.25) is 0 Å². The van der Waals surface area contributed by atoms with Gasteiger partial charge in [0.05, 0.1) is 16.7 Å². The minimum atomic E-state index is 1.09. The Hall–Kier alpha value is -2.10. The molecule has 0 fully saturated rings. The van der Waals surface area contributed by atoms with Gasteiger partial charge in [0.2, 0.25) is 0 Å². The Bertz CT molecular complexity index is 564. The van der Waals surface area contributed by atoms with Crippen LogP contribution >= 0.6 is 0 Å². The van der Waals surface area contributed by atoms with Crippen molar-refractivity contribution in [2.45, 2.75) is 0 Å². The zero-order valence-corrected chi connectivity index (χ0v) is 7.49. The quantitative estimate of drug-likeness (QED) is 0.482. The number of hydrogen-bond acceptors (Lipinski definition) is 0. The summed E-state index contributed by atoms with van der Waals surface area (Å²) in [6.07, 6.45) is 3.85. The number of nitrogens with one attached hydrogen (secondary N) is 3. The third kappa shape index (κ3) is 0.939. The largest absolute Gasteiger partial charge is 0.360 e. The highest BCUT2D eigenvalue weighted by molar-refractivity contribution is 5.75. The van der Waals surface area contributed by atoms with Crippen LogP contribution in [0, 0.1) is 0 Å². The van der Waals surface area contributed by atoms with E-state index in [1.54, 1.807) is 0 Å². The van der Waals surface area contributed by atoms with E-state index in [1.165, 1.54) is 0 Å². The topological polar surface area (TPSA) is 52.3 Å². The normalized spacial score (nSPS) is 10.9. The van der Waals surface area contributed by atoms with Gasteiger partial charge in [0.15, 0.2) is 0 Å². The number of para-hydroxylation sites is 2. The zero-order chi connectivity index (χ0) is 9.38. The molecule has 2 aliphatic rings. The van der Waals surface area contributed by atoms with E-state index in [-0.39, 0.29) is 0 Å². The Morgan fingerprint density at radius 3 is 3.00 bits per heavy atom. The molecule has 0 saturated heterocycles. The van der Waals surface area contributed by atoms with E-state index in [0.717, 1.165) is 16.7 Å². The summed E-state index contributed by atoms with van der Waals surface area (Å²) in [4.78, 5) is 3.22. The van der Waals surface area contributed by atoms with Crippen molar-refractivity contribution >= 4 is 11.0 Å². The first-order valence-corrected chi connectivity index (χ1v) is 4.49. The first kappa shape index (κ1) is 7.32. The van der Waals surface area contributed by atoms with Gasteiger partial charge in [-0.3, -0.25) is 5.10 Å². The van der Waals surface area contributed by atoms with Crippen molar-refractivity contribution in [2.24, 2.45) is 0 Å². The summed E-state index contributed by atoms with van der Waals surface area (Å²) < 4.78 is 1.99. The summed E-state index contributed by atoms with van der Waals surface area (Å²) in [5, 5.41) is 6.02. The summed E-state index contributed by atoms with van der Waals surface area (Å²) in [6, 6.07) is 10.1. The standard InChI is InChI=1S/C10H10N4/c1-2-4-10-9(3-1)11-6-5-8-7-12-13-14(8)10/h1-7,11-13H. The van der Waals surface area contributed by atoms with E-state index in [4.69, 9.17) is 0 Å². The SMILES string of the molecule is c1ccc2c(c1)[nH]ccc1c[nH][nH]n2-1. The predicted molar refractivity (Wildman–Crippen MR) is 55.1 cm³/mol. The average Bonchev–Trinajstić information content (AvgIpc) is 2.61. The summed E-state index contributed by atoms with van der Waals surface area (Å²) in [7, 11) is 0. The van der Waals surface area contributed by atoms with Crippen LogP contribution in [0.4, 0.5) is 0 Å². The molecule has 70 valence electrons. The molecule has 1 aromatic carbocycles. The molecule has 0 atom stereocenters. The average molecular weight is 186 g/mol. The van der Waals surface area contributed by atoms with Gasteiger partial charge in [-0.1, -0.05) is 12.1 Å². The van der Waals surface area contributed by atoms with Gasteiger partial charge in [-0.15, -0.1) is 0 Å². The highest BCUT2D eigenvalue weighted by atomic mass is 15.4. The minimum Gasteiger partial charge on any atom is -0.360 e. The molecule has 4 heteroatoms. The second-order valence-electron chi connectivity index (χ2n) is 3.16. The summed E-state index contributed by atoms with van der Waals surface area (Å²) in [5.41, 5.74) is 3.28. The number of rotatable bonds is 0. The van der Waals surface area contributed by atoms with Crippen molar-refractivity contribution in [3.05, 3.63) is 42.7 Å². The Morgan fingerprint density at radius 2 is 2.00 bits per heavy atom. The molecular weight excluding hydrogens is 176 g/mol. The van der Waals surface area contributed by atoms with Crippen LogP contribution in [0.3, 0.4) is 0 Å². The number of aromatic nitrogens is 4. The molecule has 0 aromatic heterocycles. The molecule has 2 heterocycles. The van der Waals surface area contributed by atoms with Gasteiger partial charge in [0.1, 0.15) is 0 Å². The molecule has 4 nitrogen and oxygen atoms in total. The van der Waals surface area contributed by atoms with Crippen molar-refractivity contribution in [1.29, 1.82) is 0 Å². The van der Waals surface area contributed by atoms with Crippen molar-refractivity contribution in [1.82, 2.24) is 20.0 Å². The number of H-pyrrole nitrogens is 3. The first-order chi connectivity index (χ1) is 6.95. The smallest absolute Gasteiger partial charge is 0.0880 e. The van der Waals surface area contributed by atoms with Crippen molar-refractivity contribution in [3.63, 3.8) is 0 Å². The molecule has 0 bridgehead atoms. The Morgan fingerprint density at radius 1 is 1.07 bits per heavy atom. The lowest BCUT2D eigenvalue weighted by Crippen LogP contribution is -1.93. The highest BCUT2D eigenvalue weighted by Crippen LogP contribution is 2.14. The van der Waals surface area contributed by atoms with E-state index in [2.05, 4.69) is 21.4 Å². The number of hydrogen-bond donors (Lipinski definition) is 3. The van der Waals surface area contributed by atoms with Crippen molar-refractivity contribution < 1.29 is 0 Å². The molecule has 0 spiro atoms. The molecule has 0 unspecified atom stereocenters. The summed E-state index contributed by atoms with van der Waals surface area (Å²) in [6.45, 7) is 0. The van der Waals surface area contributed by atoms with E-state index in [0.29, 0.717) is 0 Å². The molecule has 0 saturated carbocycles. The molecular formula is C10H10N4. The third-order valence-corrected chi connectivity index (χ3v) is 2.29. The van der Waals surface area contributed by atoms with Gasteiger partial charge in [-0.2, -0.15) is 0 Å². The lowest BCUT2D eigenvalue weighted by atomic mass is 10.3. The van der Waals surface area contributed by atoms with Crippen LogP contribution in [0.1, 0.15) is 0 Å². The van der Waals surface area contributed by atoms with Gasteiger partial charge in [-0.05, 0) is 18.2 Å². The fourth-order valence-corrected chi connectivity index (χ4v) is 1.63. The van der Waals surface area contributed by atoms with Crippen LogP contribution in [-0.2, 0) is 0 Å². The highest BCUT2D eigenvalue weighted by Gasteiger charge is 2.01. The van der Waals surface area contributed by atoms with E-state index >= 15 is 0 Å². The van der Waals surface area contributed by atoms with Crippen LogP contribution in [0.15, 0.2) is 42.7 Å². The first-order valence-electron chi connectivity index (χ1n) is 4.49. The van der Waals surface area contributed by atoms with Crippen LogP contribution in [-0.4, -0.2) is 20.0 Å². The predicted octanol–water partition coefficient (Wildman–Crippen LogP) is 2.18. The number of fused-ring (bicyclic) bond motifs is 3. The van der Waals surface area contributed by atoms with E-state index in [1.807, 2.05) is 41.3 Å². The number of aromatic amines is 3. The number of nitrogens with zero attached hydrogens (tertiary/aromatic N) is 1. The second kappa shape index (κ2) is 2.70. The fourth-order valence-electron chi connectivity index (χ4n) is 1.63. The summed E-state index contributed by atoms with van der Waals surface area (Å²) >= 11 is 0.